The third-order valence-electron chi connectivity index (χ3n) is 3.54. The molecule has 0 saturated heterocycles. The molecule has 0 heterocycles. The minimum atomic E-state index is -1.16. The lowest BCUT2D eigenvalue weighted by molar-refractivity contribution is 0.0594. The van der Waals surface area contributed by atoms with Crippen LogP contribution in [-0.4, -0.2) is 19.1 Å². The summed E-state index contributed by atoms with van der Waals surface area (Å²) in [5.74, 6) is -2.47. The Bertz CT molecular complexity index is 491. The Morgan fingerprint density at radius 1 is 1.32 bits per heavy atom. The van der Waals surface area contributed by atoms with Crippen molar-refractivity contribution in [1.29, 1.82) is 0 Å². The molecule has 3 nitrogen and oxygen atoms in total. The highest BCUT2D eigenvalue weighted by Crippen LogP contribution is 2.29. The molecule has 1 saturated carbocycles. The summed E-state index contributed by atoms with van der Waals surface area (Å²) in [6.07, 6.45) is 2.98. The van der Waals surface area contributed by atoms with Gasteiger partial charge in [0.25, 0.3) is 0 Å². The summed E-state index contributed by atoms with van der Waals surface area (Å²) in [6, 6.07) is 2.78. The Morgan fingerprint density at radius 2 is 2.05 bits per heavy atom. The minimum absolute atomic E-state index is 0.101. The first-order valence-corrected chi connectivity index (χ1v) is 6.35. The van der Waals surface area contributed by atoms with Crippen molar-refractivity contribution >= 4 is 11.7 Å². The molecule has 0 bridgehead atoms. The molecule has 2 rings (SSSR count). The van der Waals surface area contributed by atoms with Gasteiger partial charge in [0.1, 0.15) is 0 Å². The number of carbonyl (C=O) groups excluding carboxylic acids is 1. The van der Waals surface area contributed by atoms with Crippen molar-refractivity contribution in [3.05, 3.63) is 29.3 Å². The summed E-state index contributed by atoms with van der Waals surface area (Å²) in [7, 11) is 1.13. The molecular weight excluding hydrogens is 252 g/mol. The van der Waals surface area contributed by atoms with Gasteiger partial charge in [-0.25, -0.2) is 13.6 Å². The molecule has 104 valence electrons. The molecule has 1 aromatic rings. The molecule has 0 amide bonds. The molecule has 2 unspecified atom stereocenters. The zero-order valence-electron chi connectivity index (χ0n) is 11.0. The van der Waals surface area contributed by atoms with Crippen LogP contribution in [-0.2, 0) is 4.74 Å². The smallest absolute Gasteiger partial charge is 0.340 e. The monoisotopic (exact) mass is 269 g/mol. The molecule has 1 fully saturated rings. The van der Waals surface area contributed by atoms with Crippen molar-refractivity contribution in [3.8, 4) is 0 Å². The SMILES string of the molecule is COC(=O)c1ccc(NC2CCC(C)C2)c(F)c1F. The molecule has 1 N–H and O–H groups in total. The first kappa shape index (κ1) is 13.8. The first-order valence-electron chi connectivity index (χ1n) is 6.35. The molecule has 1 aliphatic rings. The van der Waals surface area contributed by atoms with Crippen LogP contribution >= 0.6 is 0 Å². The van der Waals surface area contributed by atoms with Crippen LogP contribution in [0.15, 0.2) is 12.1 Å². The maximum Gasteiger partial charge on any atom is 0.340 e. The highest BCUT2D eigenvalue weighted by molar-refractivity contribution is 5.90. The number of halogens is 2. The van der Waals surface area contributed by atoms with E-state index in [1.807, 2.05) is 0 Å². The molecule has 1 aromatic carbocycles. The largest absolute Gasteiger partial charge is 0.465 e. The molecule has 0 radical (unpaired) electrons. The predicted molar refractivity (Wildman–Crippen MR) is 68.1 cm³/mol. The van der Waals surface area contributed by atoms with Crippen molar-refractivity contribution in [2.45, 2.75) is 32.2 Å². The van der Waals surface area contributed by atoms with Gasteiger partial charge in [-0.2, -0.15) is 0 Å². The number of methoxy groups -OCH3 is 1. The van der Waals surface area contributed by atoms with E-state index in [0.29, 0.717) is 5.92 Å². The van der Waals surface area contributed by atoms with Gasteiger partial charge in [0.15, 0.2) is 11.6 Å². The van der Waals surface area contributed by atoms with E-state index in [2.05, 4.69) is 17.0 Å². The maximum absolute atomic E-state index is 13.9. The number of hydrogen-bond acceptors (Lipinski definition) is 3. The maximum atomic E-state index is 13.9. The summed E-state index contributed by atoms with van der Waals surface area (Å²) in [4.78, 5) is 11.2. The van der Waals surface area contributed by atoms with Crippen LogP contribution in [0.25, 0.3) is 0 Å². The predicted octanol–water partition coefficient (Wildman–Crippen LogP) is 3.35. The van der Waals surface area contributed by atoms with E-state index in [1.54, 1.807) is 0 Å². The molecule has 19 heavy (non-hydrogen) atoms. The van der Waals surface area contributed by atoms with Crippen molar-refractivity contribution in [2.24, 2.45) is 5.92 Å². The van der Waals surface area contributed by atoms with Gasteiger partial charge in [0.2, 0.25) is 0 Å². The Labute approximate surface area is 111 Å². The lowest BCUT2D eigenvalue weighted by Gasteiger charge is -2.15. The number of ether oxygens (including phenoxy) is 1. The van der Waals surface area contributed by atoms with Crippen LogP contribution in [0.1, 0.15) is 36.5 Å². The number of carbonyl (C=O) groups is 1. The standard InChI is InChI=1S/C14H17F2NO2/c1-8-3-4-9(7-8)17-11-6-5-10(14(18)19-2)12(15)13(11)16/h5-6,8-9,17H,3-4,7H2,1-2H3. The topological polar surface area (TPSA) is 38.3 Å². The third-order valence-corrected chi connectivity index (χ3v) is 3.54. The zero-order valence-corrected chi connectivity index (χ0v) is 11.0. The average molecular weight is 269 g/mol. The number of nitrogens with one attached hydrogen (secondary N) is 1. The summed E-state index contributed by atoms with van der Waals surface area (Å²) in [5.41, 5.74) is -0.283. The summed E-state index contributed by atoms with van der Waals surface area (Å²) >= 11 is 0. The van der Waals surface area contributed by atoms with Crippen LogP contribution < -0.4 is 5.32 Å². The molecule has 0 spiro atoms. The number of hydrogen-bond donors (Lipinski definition) is 1. The minimum Gasteiger partial charge on any atom is -0.465 e. The lowest BCUT2D eigenvalue weighted by atomic mass is 10.1. The molecule has 2 atom stereocenters. The van der Waals surface area contributed by atoms with E-state index in [9.17, 15) is 13.6 Å². The van der Waals surface area contributed by atoms with Crippen molar-refractivity contribution in [3.63, 3.8) is 0 Å². The Morgan fingerprint density at radius 3 is 2.63 bits per heavy atom. The highest BCUT2D eigenvalue weighted by atomic mass is 19.2. The van der Waals surface area contributed by atoms with Gasteiger partial charge in [-0.1, -0.05) is 6.92 Å². The van der Waals surface area contributed by atoms with E-state index >= 15 is 0 Å². The van der Waals surface area contributed by atoms with Crippen LogP contribution in [0.4, 0.5) is 14.5 Å². The second kappa shape index (κ2) is 5.55. The highest BCUT2D eigenvalue weighted by Gasteiger charge is 2.24. The molecule has 5 heteroatoms. The van der Waals surface area contributed by atoms with Crippen molar-refractivity contribution in [1.82, 2.24) is 0 Å². The molecule has 1 aliphatic carbocycles. The van der Waals surface area contributed by atoms with Crippen molar-refractivity contribution in [2.75, 3.05) is 12.4 Å². The first-order chi connectivity index (χ1) is 9.02. The summed E-state index contributed by atoms with van der Waals surface area (Å²) in [6.45, 7) is 2.14. The van der Waals surface area contributed by atoms with E-state index in [4.69, 9.17) is 0 Å². The Kier molecular flexibility index (Phi) is 4.02. The van der Waals surface area contributed by atoms with Gasteiger partial charge in [-0.05, 0) is 37.3 Å². The van der Waals surface area contributed by atoms with Crippen LogP contribution in [0.5, 0.6) is 0 Å². The summed E-state index contributed by atoms with van der Waals surface area (Å²) < 4.78 is 32.0. The van der Waals surface area contributed by atoms with E-state index < -0.39 is 17.6 Å². The summed E-state index contributed by atoms with van der Waals surface area (Å²) in [5, 5.41) is 3.00. The second-order valence-electron chi connectivity index (χ2n) is 5.04. The zero-order chi connectivity index (χ0) is 14.0. The quantitative estimate of drug-likeness (QED) is 0.855. The number of rotatable bonds is 3. The Balaban J connectivity index is 2.19. The van der Waals surface area contributed by atoms with Crippen LogP contribution in [0, 0.1) is 17.6 Å². The van der Waals surface area contributed by atoms with E-state index in [1.165, 1.54) is 12.1 Å². The van der Waals surface area contributed by atoms with Gasteiger partial charge in [-0.3, -0.25) is 0 Å². The molecular formula is C14H17F2NO2. The van der Waals surface area contributed by atoms with Crippen molar-refractivity contribution < 1.29 is 18.3 Å². The fourth-order valence-electron chi connectivity index (χ4n) is 2.49. The Hall–Kier alpha value is -1.65. The number of benzene rings is 1. The normalized spacial score (nSPS) is 22.3. The third kappa shape index (κ3) is 2.85. The van der Waals surface area contributed by atoms with Gasteiger partial charge >= 0.3 is 5.97 Å². The second-order valence-corrected chi connectivity index (χ2v) is 5.04. The van der Waals surface area contributed by atoms with E-state index in [0.717, 1.165) is 26.4 Å². The fourth-order valence-corrected chi connectivity index (χ4v) is 2.49. The number of anilines is 1. The average Bonchev–Trinajstić information content (AvgIpc) is 2.80. The lowest BCUT2D eigenvalue weighted by Crippen LogP contribution is -2.17. The van der Waals surface area contributed by atoms with Gasteiger partial charge in [0.05, 0.1) is 18.4 Å². The molecule has 0 aromatic heterocycles. The fraction of sp³-hybridized carbons (Fsp3) is 0.500. The molecule has 0 aliphatic heterocycles. The van der Waals surface area contributed by atoms with E-state index in [-0.39, 0.29) is 17.3 Å². The van der Waals surface area contributed by atoms with Gasteiger partial charge < -0.3 is 10.1 Å². The van der Waals surface area contributed by atoms with Crippen LogP contribution in [0.2, 0.25) is 0 Å². The van der Waals surface area contributed by atoms with Gasteiger partial charge in [0, 0.05) is 6.04 Å². The van der Waals surface area contributed by atoms with Gasteiger partial charge in [-0.15, -0.1) is 0 Å². The van der Waals surface area contributed by atoms with Crippen LogP contribution in [0.3, 0.4) is 0 Å². The number of esters is 1.